The lowest BCUT2D eigenvalue weighted by Crippen LogP contribution is -2.43. The van der Waals surface area contributed by atoms with Crippen LogP contribution in [0.3, 0.4) is 0 Å². The Kier molecular flexibility index (Phi) is 4.43. The van der Waals surface area contributed by atoms with Gasteiger partial charge in [0.25, 0.3) is 0 Å². The molecule has 0 radical (unpaired) electrons. The average molecular weight is 239 g/mol. The summed E-state index contributed by atoms with van der Waals surface area (Å²) in [7, 11) is 0. The zero-order valence-electron chi connectivity index (χ0n) is 10.9. The van der Waals surface area contributed by atoms with Crippen molar-refractivity contribution in [3.8, 4) is 0 Å². The lowest BCUT2D eigenvalue weighted by atomic mass is 9.96. The van der Waals surface area contributed by atoms with Gasteiger partial charge in [0.1, 0.15) is 6.04 Å². The van der Waals surface area contributed by atoms with Crippen LogP contribution in [0.2, 0.25) is 0 Å². The van der Waals surface area contributed by atoms with Crippen molar-refractivity contribution < 1.29 is 9.90 Å². The van der Waals surface area contributed by atoms with E-state index in [1.165, 1.54) is 32.1 Å². The van der Waals surface area contributed by atoms with Crippen molar-refractivity contribution in [3.63, 3.8) is 0 Å². The van der Waals surface area contributed by atoms with Gasteiger partial charge in [-0.25, -0.2) is 0 Å². The van der Waals surface area contributed by atoms with Gasteiger partial charge < -0.3 is 5.11 Å². The van der Waals surface area contributed by atoms with Gasteiger partial charge in [-0.15, -0.1) is 0 Å². The first-order valence-electron chi connectivity index (χ1n) is 7.19. The van der Waals surface area contributed by atoms with Crippen molar-refractivity contribution >= 4 is 5.97 Å². The van der Waals surface area contributed by atoms with Crippen molar-refractivity contribution in [1.82, 2.24) is 4.90 Å². The van der Waals surface area contributed by atoms with Gasteiger partial charge in [0.2, 0.25) is 0 Å². The van der Waals surface area contributed by atoms with Crippen LogP contribution in [-0.2, 0) is 4.79 Å². The zero-order chi connectivity index (χ0) is 12.3. The second-order valence-corrected chi connectivity index (χ2v) is 5.74. The molecule has 17 heavy (non-hydrogen) atoms. The molecule has 2 unspecified atom stereocenters. The van der Waals surface area contributed by atoms with E-state index in [2.05, 4.69) is 11.8 Å². The van der Waals surface area contributed by atoms with Crippen LogP contribution in [0.4, 0.5) is 0 Å². The topological polar surface area (TPSA) is 40.5 Å². The Morgan fingerprint density at radius 2 is 2.06 bits per heavy atom. The fourth-order valence-electron chi connectivity index (χ4n) is 3.23. The normalized spacial score (nSPS) is 28.6. The van der Waals surface area contributed by atoms with Crippen LogP contribution >= 0.6 is 0 Å². The van der Waals surface area contributed by atoms with Crippen LogP contribution in [0.25, 0.3) is 0 Å². The summed E-state index contributed by atoms with van der Waals surface area (Å²) < 4.78 is 0. The molecule has 1 N–H and O–H groups in total. The maximum absolute atomic E-state index is 11.4. The molecule has 0 aromatic rings. The van der Waals surface area contributed by atoms with Gasteiger partial charge in [-0.1, -0.05) is 19.8 Å². The molecule has 0 bridgehead atoms. The van der Waals surface area contributed by atoms with Gasteiger partial charge in [-0.05, 0) is 57.0 Å². The van der Waals surface area contributed by atoms with Gasteiger partial charge in [0.15, 0.2) is 0 Å². The molecule has 0 aromatic carbocycles. The molecule has 98 valence electrons. The molecule has 1 saturated carbocycles. The van der Waals surface area contributed by atoms with E-state index >= 15 is 0 Å². The molecule has 0 spiro atoms. The summed E-state index contributed by atoms with van der Waals surface area (Å²) in [5, 5.41) is 9.36. The first-order valence-corrected chi connectivity index (χ1v) is 7.19. The molecular weight excluding hydrogens is 214 g/mol. The van der Waals surface area contributed by atoms with Crippen LogP contribution in [0.1, 0.15) is 51.9 Å². The summed E-state index contributed by atoms with van der Waals surface area (Å²) in [5.41, 5.74) is 0. The van der Waals surface area contributed by atoms with E-state index in [0.717, 1.165) is 31.8 Å². The summed E-state index contributed by atoms with van der Waals surface area (Å²) in [6.45, 7) is 4.23. The van der Waals surface area contributed by atoms with Crippen LogP contribution in [0, 0.1) is 11.8 Å². The smallest absolute Gasteiger partial charge is 0.321 e. The Hall–Kier alpha value is -0.570. The fourth-order valence-corrected chi connectivity index (χ4v) is 3.23. The van der Waals surface area contributed by atoms with Crippen molar-refractivity contribution in [1.29, 1.82) is 0 Å². The second-order valence-electron chi connectivity index (χ2n) is 5.74. The van der Waals surface area contributed by atoms with Gasteiger partial charge >= 0.3 is 5.97 Å². The highest BCUT2D eigenvalue weighted by atomic mass is 16.4. The number of rotatable bonds is 5. The third-order valence-corrected chi connectivity index (χ3v) is 4.29. The number of likely N-dealkylation sites (tertiary alicyclic amines) is 1. The van der Waals surface area contributed by atoms with E-state index in [1.807, 2.05) is 0 Å². The molecule has 1 aliphatic carbocycles. The van der Waals surface area contributed by atoms with E-state index in [4.69, 9.17) is 0 Å². The predicted octanol–water partition coefficient (Wildman–Crippen LogP) is 2.75. The Morgan fingerprint density at radius 3 is 2.65 bits per heavy atom. The number of nitrogens with zero attached hydrogens (tertiary/aromatic N) is 1. The lowest BCUT2D eigenvalue weighted by Gasteiger charge is -2.27. The third-order valence-electron chi connectivity index (χ3n) is 4.29. The van der Waals surface area contributed by atoms with Crippen LogP contribution < -0.4 is 0 Å². The van der Waals surface area contributed by atoms with E-state index in [1.54, 1.807) is 0 Å². The summed E-state index contributed by atoms with van der Waals surface area (Å²) >= 11 is 0. The predicted molar refractivity (Wildman–Crippen MR) is 68.0 cm³/mol. The maximum atomic E-state index is 11.4. The standard InChI is InChI=1S/C14H25NO2/c1-2-4-11-5-3-9-15(10-8-11)13(14(16)17)12-6-7-12/h11-13H,2-10H2,1H3,(H,16,17). The minimum absolute atomic E-state index is 0.185. The first-order chi connectivity index (χ1) is 8.22. The maximum Gasteiger partial charge on any atom is 0.321 e. The Balaban J connectivity index is 1.90. The molecule has 0 amide bonds. The van der Waals surface area contributed by atoms with Gasteiger partial charge in [0.05, 0.1) is 0 Å². The zero-order valence-corrected chi connectivity index (χ0v) is 10.9. The number of hydrogen-bond acceptors (Lipinski definition) is 2. The third kappa shape index (κ3) is 3.44. The molecule has 3 heteroatoms. The first kappa shape index (κ1) is 12.9. The van der Waals surface area contributed by atoms with Crippen LogP contribution in [0.15, 0.2) is 0 Å². The SMILES string of the molecule is CCCC1CCCN(C(C(=O)O)C2CC2)CC1. The molecule has 2 aliphatic rings. The van der Waals surface area contributed by atoms with Crippen LogP contribution in [-0.4, -0.2) is 35.1 Å². The fraction of sp³-hybridized carbons (Fsp3) is 0.929. The summed E-state index contributed by atoms with van der Waals surface area (Å²) in [6.07, 6.45) is 8.48. The second kappa shape index (κ2) is 5.85. The van der Waals surface area contributed by atoms with Gasteiger partial charge in [-0.2, -0.15) is 0 Å². The minimum Gasteiger partial charge on any atom is -0.480 e. The van der Waals surface area contributed by atoms with Crippen LogP contribution in [0.5, 0.6) is 0 Å². The number of carbonyl (C=O) groups is 1. The van der Waals surface area contributed by atoms with Gasteiger partial charge in [-0.3, -0.25) is 9.69 Å². The minimum atomic E-state index is -0.596. The molecule has 1 heterocycles. The Labute approximate surface area is 104 Å². The van der Waals surface area contributed by atoms with E-state index in [0.29, 0.717) is 5.92 Å². The lowest BCUT2D eigenvalue weighted by molar-refractivity contribution is -0.144. The molecule has 0 aromatic heterocycles. The quantitative estimate of drug-likeness (QED) is 0.802. The molecule has 1 saturated heterocycles. The summed E-state index contributed by atoms with van der Waals surface area (Å²) in [6, 6.07) is -0.185. The average Bonchev–Trinajstić information content (AvgIpc) is 3.08. The van der Waals surface area contributed by atoms with Crippen molar-refractivity contribution in [3.05, 3.63) is 0 Å². The molecular formula is C14H25NO2. The number of hydrogen-bond donors (Lipinski definition) is 1. The van der Waals surface area contributed by atoms with Crippen molar-refractivity contribution in [2.75, 3.05) is 13.1 Å². The van der Waals surface area contributed by atoms with Crippen molar-refractivity contribution in [2.45, 2.75) is 57.9 Å². The monoisotopic (exact) mass is 239 g/mol. The highest BCUT2D eigenvalue weighted by molar-refractivity contribution is 5.74. The molecule has 2 fully saturated rings. The van der Waals surface area contributed by atoms with E-state index in [9.17, 15) is 9.90 Å². The summed E-state index contributed by atoms with van der Waals surface area (Å²) in [4.78, 5) is 13.6. The summed E-state index contributed by atoms with van der Waals surface area (Å²) in [5.74, 6) is 0.676. The van der Waals surface area contributed by atoms with E-state index in [-0.39, 0.29) is 6.04 Å². The molecule has 2 atom stereocenters. The number of aliphatic carboxylic acids is 1. The highest BCUT2D eigenvalue weighted by Crippen LogP contribution is 2.36. The highest BCUT2D eigenvalue weighted by Gasteiger charge is 2.40. The van der Waals surface area contributed by atoms with Gasteiger partial charge in [0, 0.05) is 0 Å². The number of carboxylic acid groups (broad SMARTS) is 1. The molecule has 2 rings (SSSR count). The van der Waals surface area contributed by atoms with E-state index < -0.39 is 5.97 Å². The Bertz CT molecular complexity index is 263. The number of carboxylic acids is 1. The Morgan fingerprint density at radius 1 is 1.29 bits per heavy atom. The molecule has 1 aliphatic heterocycles. The molecule has 3 nitrogen and oxygen atoms in total. The van der Waals surface area contributed by atoms with Crippen molar-refractivity contribution in [2.24, 2.45) is 11.8 Å². The largest absolute Gasteiger partial charge is 0.480 e.